The van der Waals surface area contributed by atoms with Crippen molar-refractivity contribution < 1.29 is 9.59 Å². The van der Waals surface area contributed by atoms with Gasteiger partial charge in [-0.3, -0.25) is 9.59 Å². The molecule has 0 aliphatic rings. The van der Waals surface area contributed by atoms with Gasteiger partial charge in [-0.15, -0.1) is 0 Å². The maximum absolute atomic E-state index is 12.7. The molecule has 1 aromatic carbocycles. The molecule has 0 aliphatic carbocycles. The molecule has 0 fully saturated rings. The minimum atomic E-state index is -0.381. The average Bonchev–Trinajstić information content (AvgIpc) is 3.00. The first-order valence-corrected chi connectivity index (χ1v) is 8.78. The average molecular weight is 393 g/mol. The van der Waals surface area contributed by atoms with Crippen LogP contribution in [0.1, 0.15) is 31.1 Å². The number of carbonyl (C=O) groups is 2. The summed E-state index contributed by atoms with van der Waals surface area (Å²) < 4.78 is 1.57. The van der Waals surface area contributed by atoms with E-state index in [1.807, 2.05) is 44.2 Å². The Morgan fingerprint density at radius 2 is 1.88 bits per heavy atom. The number of amides is 2. The number of benzene rings is 1. The van der Waals surface area contributed by atoms with Crippen molar-refractivity contribution in [3.05, 3.63) is 42.1 Å². The molecule has 1 unspecified atom stereocenters. The number of hydrogen-bond donors (Lipinski definition) is 1. The number of hydrogen-bond acceptors (Lipinski definition) is 3. The Bertz CT molecular complexity index is 709. The van der Waals surface area contributed by atoms with Crippen LogP contribution in [-0.2, 0) is 4.79 Å². The highest BCUT2D eigenvalue weighted by molar-refractivity contribution is 9.10. The Kier molecular flexibility index (Phi) is 6.14. The van der Waals surface area contributed by atoms with Crippen LogP contribution in [0.2, 0.25) is 0 Å². The highest BCUT2D eigenvalue weighted by Gasteiger charge is 2.24. The van der Waals surface area contributed by atoms with E-state index in [0.717, 1.165) is 5.69 Å². The number of halogens is 1. The summed E-state index contributed by atoms with van der Waals surface area (Å²) in [6, 6.07) is 9.38. The predicted molar refractivity (Wildman–Crippen MR) is 97.8 cm³/mol. The number of rotatable bonds is 6. The molecule has 7 heteroatoms. The molecule has 0 radical (unpaired) electrons. The first kappa shape index (κ1) is 18.2. The molecule has 1 N–H and O–H groups in total. The molecule has 0 saturated carbocycles. The van der Waals surface area contributed by atoms with Crippen LogP contribution in [0, 0.1) is 0 Å². The highest BCUT2D eigenvalue weighted by atomic mass is 79.9. The Morgan fingerprint density at radius 3 is 2.42 bits per heavy atom. The van der Waals surface area contributed by atoms with Crippen molar-refractivity contribution in [1.29, 1.82) is 0 Å². The normalized spacial score (nSPS) is 11.8. The van der Waals surface area contributed by atoms with Gasteiger partial charge in [0.15, 0.2) is 0 Å². The number of alkyl halides is 1. The number of nitrogens with zero attached hydrogens (tertiary/aromatic N) is 3. The summed E-state index contributed by atoms with van der Waals surface area (Å²) in [6.45, 7) is 6.75. The van der Waals surface area contributed by atoms with E-state index < -0.39 is 0 Å². The first-order valence-electron chi connectivity index (χ1n) is 7.87. The lowest BCUT2D eigenvalue weighted by Gasteiger charge is -2.19. The van der Waals surface area contributed by atoms with Crippen LogP contribution in [0.4, 0.5) is 5.82 Å². The second-order valence-corrected chi connectivity index (χ2v) is 6.61. The lowest BCUT2D eigenvalue weighted by atomic mass is 10.2. The fraction of sp³-hybridized carbons (Fsp3) is 0.353. The van der Waals surface area contributed by atoms with Gasteiger partial charge in [0.1, 0.15) is 11.4 Å². The molecule has 0 bridgehead atoms. The maximum Gasteiger partial charge on any atom is 0.259 e. The molecule has 1 heterocycles. The molecular weight excluding hydrogens is 372 g/mol. The van der Waals surface area contributed by atoms with Gasteiger partial charge in [0, 0.05) is 13.1 Å². The number of anilines is 1. The van der Waals surface area contributed by atoms with Crippen molar-refractivity contribution in [2.75, 3.05) is 18.4 Å². The Morgan fingerprint density at radius 1 is 1.25 bits per heavy atom. The van der Waals surface area contributed by atoms with E-state index in [0.29, 0.717) is 24.5 Å². The van der Waals surface area contributed by atoms with Crippen LogP contribution < -0.4 is 5.32 Å². The lowest BCUT2D eigenvalue weighted by molar-refractivity contribution is -0.115. The minimum Gasteiger partial charge on any atom is -0.339 e. The molecule has 1 aromatic heterocycles. The van der Waals surface area contributed by atoms with Crippen LogP contribution in [0.3, 0.4) is 0 Å². The highest BCUT2D eigenvalue weighted by Crippen LogP contribution is 2.22. The van der Waals surface area contributed by atoms with Gasteiger partial charge in [0.25, 0.3) is 5.91 Å². The van der Waals surface area contributed by atoms with Gasteiger partial charge in [-0.2, -0.15) is 5.10 Å². The van der Waals surface area contributed by atoms with Crippen molar-refractivity contribution in [3.63, 3.8) is 0 Å². The Hall–Kier alpha value is -2.15. The number of nitrogens with one attached hydrogen (secondary N) is 1. The van der Waals surface area contributed by atoms with Gasteiger partial charge in [-0.1, -0.05) is 34.1 Å². The minimum absolute atomic E-state index is 0.153. The number of carbonyl (C=O) groups excluding carboxylic acids is 2. The first-order chi connectivity index (χ1) is 11.5. The monoisotopic (exact) mass is 392 g/mol. The summed E-state index contributed by atoms with van der Waals surface area (Å²) in [6.07, 6.45) is 1.50. The van der Waals surface area contributed by atoms with Crippen molar-refractivity contribution >= 4 is 33.6 Å². The van der Waals surface area contributed by atoms with Gasteiger partial charge in [-0.25, -0.2) is 4.68 Å². The van der Waals surface area contributed by atoms with Gasteiger partial charge >= 0.3 is 0 Å². The third-order valence-electron chi connectivity index (χ3n) is 3.65. The number of aromatic nitrogens is 2. The fourth-order valence-electron chi connectivity index (χ4n) is 2.29. The van der Waals surface area contributed by atoms with E-state index in [-0.39, 0.29) is 16.6 Å². The topological polar surface area (TPSA) is 67.2 Å². The van der Waals surface area contributed by atoms with Crippen molar-refractivity contribution in [2.45, 2.75) is 25.6 Å². The second kappa shape index (κ2) is 8.10. The zero-order valence-corrected chi connectivity index (χ0v) is 15.6. The number of para-hydroxylation sites is 1. The molecule has 0 saturated heterocycles. The molecule has 2 amide bonds. The molecule has 1 atom stereocenters. The zero-order valence-electron chi connectivity index (χ0n) is 14.0. The summed E-state index contributed by atoms with van der Waals surface area (Å²) in [7, 11) is 0. The van der Waals surface area contributed by atoms with Gasteiger partial charge in [0.05, 0.1) is 16.7 Å². The van der Waals surface area contributed by atoms with Crippen LogP contribution in [-0.4, -0.2) is 44.4 Å². The molecule has 24 heavy (non-hydrogen) atoms. The zero-order chi connectivity index (χ0) is 17.7. The van der Waals surface area contributed by atoms with E-state index in [1.54, 1.807) is 16.5 Å². The van der Waals surface area contributed by atoms with E-state index in [4.69, 9.17) is 0 Å². The Labute approximate surface area is 150 Å². The molecule has 6 nitrogen and oxygen atoms in total. The third-order valence-corrected chi connectivity index (χ3v) is 4.07. The van der Waals surface area contributed by atoms with Gasteiger partial charge < -0.3 is 10.2 Å². The summed E-state index contributed by atoms with van der Waals surface area (Å²) in [5, 5.41) is 7.12. The molecule has 2 aromatic rings. The van der Waals surface area contributed by atoms with Crippen LogP contribution in [0.25, 0.3) is 5.69 Å². The summed E-state index contributed by atoms with van der Waals surface area (Å²) >= 11 is 3.25. The van der Waals surface area contributed by atoms with E-state index >= 15 is 0 Å². The molecular formula is C17H21BrN4O2. The smallest absolute Gasteiger partial charge is 0.259 e. The van der Waals surface area contributed by atoms with Crippen LogP contribution in [0.5, 0.6) is 0 Å². The third kappa shape index (κ3) is 3.84. The molecule has 0 aliphatic heterocycles. The fourth-order valence-corrected chi connectivity index (χ4v) is 2.40. The Balaban J connectivity index is 2.50. The van der Waals surface area contributed by atoms with Crippen molar-refractivity contribution in [2.24, 2.45) is 0 Å². The van der Waals surface area contributed by atoms with Crippen molar-refractivity contribution in [3.8, 4) is 5.69 Å². The largest absolute Gasteiger partial charge is 0.339 e. The van der Waals surface area contributed by atoms with Crippen LogP contribution >= 0.6 is 15.9 Å². The summed E-state index contributed by atoms with van der Waals surface area (Å²) in [5.74, 6) is -0.00427. The van der Waals surface area contributed by atoms with E-state index in [9.17, 15) is 9.59 Å². The van der Waals surface area contributed by atoms with Gasteiger partial charge in [-0.05, 0) is 32.9 Å². The van der Waals surface area contributed by atoms with Gasteiger partial charge in [0.2, 0.25) is 5.91 Å². The molecule has 2 rings (SSSR count). The SMILES string of the molecule is CCN(CC)C(=O)c1cnn(-c2ccccc2)c1NC(=O)C(C)Br. The second-order valence-electron chi connectivity index (χ2n) is 5.24. The standard InChI is InChI=1S/C17H21BrN4O2/c1-4-21(5-2)17(24)14-11-19-22(13-9-7-6-8-10-13)15(14)20-16(23)12(3)18/h6-12H,4-5H2,1-3H3,(H,20,23). The van der Waals surface area contributed by atoms with Crippen LogP contribution in [0.15, 0.2) is 36.5 Å². The maximum atomic E-state index is 12.7. The summed E-state index contributed by atoms with van der Waals surface area (Å²) in [5.41, 5.74) is 1.15. The quantitative estimate of drug-likeness (QED) is 0.768. The molecule has 0 spiro atoms. The van der Waals surface area contributed by atoms with E-state index in [2.05, 4.69) is 26.3 Å². The summed E-state index contributed by atoms with van der Waals surface area (Å²) in [4.78, 5) is 26.2. The predicted octanol–water partition coefficient (Wildman–Crippen LogP) is 3.08. The van der Waals surface area contributed by atoms with Crippen molar-refractivity contribution in [1.82, 2.24) is 14.7 Å². The van der Waals surface area contributed by atoms with E-state index in [1.165, 1.54) is 6.20 Å². The lowest BCUT2D eigenvalue weighted by Crippen LogP contribution is -2.31. The molecule has 128 valence electrons.